The van der Waals surface area contributed by atoms with Crippen LogP contribution in [0, 0.1) is 12.8 Å². The topological polar surface area (TPSA) is 75.3 Å². The third-order valence-corrected chi connectivity index (χ3v) is 5.98. The fourth-order valence-electron chi connectivity index (χ4n) is 2.78. The van der Waals surface area contributed by atoms with Gasteiger partial charge in [0, 0.05) is 12.6 Å². The van der Waals surface area contributed by atoms with Crippen LogP contribution >= 0.6 is 0 Å². The van der Waals surface area contributed by atoms with Gasteiger partial charge in [-0.15, -0.1) is 0 Å². The Morgan fingerprint density at radius 1 is 1.36 bits per heavy atom. The van der Waals surface area contributed by atoms with Crippen LogP contribution in [0.25, 0.3) is 0 Å². The number of aryl methyl sites for hydroxylation is 1. The first kappa shape index (κ1) is 17.0. The summed E-state index contributed by atoms with van der Waals surface area (Å²) in [6.45, 7) is 4.75. The SMILES string of the molecule is Cc1ccccc1[C@H](C)NCC(=O)NC[C@H]1CCS(=O)(=O)C1. The van der Waals surface area contributed by atoms with E-state index in [-0.39, 0.29) is 35.9 Å². The van der Waals surface area contributed by atoms with E-state index >= 15 is 0 Å². The zero-order chi connectivity index (χ0) is 16.2. The highest BCUT2D eigenvalue weighted by atomic mass is 32.2. The average Bonchev–Trinajstić information content (AvgIpc) is 2.82. The molecule has 1 amide bonds. The molecule has 2 N–H and O–H groups in total. The van der Waals surface area contributed by atoms with Crippen molar-refractivity contribution in [2.75, 3.05) is 24.6 Å². The molecule has 1 aromatic carbocycles. The molecule has 5 nitrogen and oxygen atoms in total. The lowest BCUT2D eigenvalue weighted by Crippen LogP contribution is -2.37. The van der Waals surface area contributed by atoms with Crippen molar-refractivity contribution in [1.82, 2.24) is 10.6 Å². The minimum Gasteiger partial charge on any atom is -0.355 e. The lowest BCUT2D eigenvalue weighted by molar-refractivity contribution is -0.120. The van der Waals surface area contributed by atoms with Crippen molar-refractivity contribution in [1.29, 1.82) is 0 Å². The standard InChI is InChI=1S/C16H24N2O3S/c1-12-5-3-4-6-15(12)13(2)17-10-16(19)18-9-14-7-8-22(20,21)11-14/h3-6,13-14,17H,7-11H2,1-2H3,(H,18,19)/t13-,14+/m0/s1. The molecule has 0 bridgehead atoms. The number of nitrogens with one attached hydrogen (secondary N) is 2. The van der Waals surface area contributed by atoms with Crippen molar-refractivity contribution >= 4 is 15.7 Å². The van der Waals surface area contributed by atoms with Crippen molar-refractivity contribution in [3.05, 3.63) is 35.4 Å². The third-order valence-electron chi connectivity index (χ3n) is 4.14. The van der Waals surface area contributed by atoms with Crippen LogP contribution in [0.5, 0.6) is 0 Å². The molecule has 0 saturated carbocycles. The summed E-state index contributed by atoms with van der Waals surface area (Å²) in [7, 11) is -2.88. The number of sulfone groups is 1. The predicted molar refractivity (Wildman–Crippen MR) is 87.4 cm³/mol. The van der Waals surface area contributed by atoms with E-state index in [1.807, 2.05) is 38.1 Å². The molecule has 2 rings (SSSR count). The molecule has 0 spiro atoms. The molecule has 0 radical (unpaired) electrons. The van der Waals surface area contributed by atoms with E-state index < -0.39 is 9.84 Å². The zero-order valence-electron chi connectivity index (χ0n) is 13.1. The van der Waals surface area contributed by atoms with Crippen molar-refractivity contribution in [3.63, 3.8) is 0 Å². The second-order valence-corrected chi connectivity index (χ2v) is 8.26. The van der Waals surface area contributed by atoms with Gasteiger partial charge in [-0.2, -0.15) is 0 Å². The van der Waals surface area contributed by atoms with Crippen LogP contribution in [0.3, 0.4) is 0 Å². The lowest BCUT2D eigenvalue weighted by Gasteiger charge is -2.17. The highest BCUT2D eigenvalue weighted by molar-refractivity contribution is 7.91. The van der Waals surface area contributed by atoms with Crippen molar-refractivity contribution in [2.24, 2.45) is 5.92 Å². The van der Waals surface area contributed by atoms with Gasteiger partial charge in [-0.05, 0) is 37.3 Å². The van der Waals surface area contributed by atoms with Crippen LogP contribution in [0.4, 0.5) is 0 Å². The number of benzene rings is 1. The molecule has 1 heterocycles. The summed E-state index contributed by atoms with van der Waals surface area (Å²) in [6, 6.07) is 8.18. The minimum atomic E-state index is -2.88. The molecule has 1 aliphatic rings. The van der Waals surface area contributed by atoms with Crippen LogP contribution in [0.15, 0.2) is 24.3 Å². The molecule has 2 atom stereocenters. The fraction of sp³-hybridized carbons (Fsp3) is 0.562. The molecule has 22 heavy (non-hydrogen) atoms. The summed E-state index contributed by atoms with van der Waals surface area (Å²) in [5, 5.41) is 6.02. The highest BCUT2D eigenvalue weighted by Crippen LogP contribution is 2.17. The number of carbonyl (C=O) groups excluding carboxylic acids is 1. The molecule has 6 heteroatoms. The van der Waals surface area contributed by atoms with E-state index in [0.717, 1.165) is 0 Å². The van der Waals surface area contributed by atoms with Crippen molar-refractivity contribution < 1.29 is 13.2 Å². The number of amides is 1. The van der Waals surface area contributed by atoms with Crippen LogP contribution in [0.1, 0.15) is 30.5 Å². The summed E-state index contributed by atoms with van der Waals surface area (Å²) in [6.07, 6.45) is 0.648. The summed E-state index contributed by atoms with van der Waals surface area (Å²) < 4.78 is 22.7. The van der Waals surface area contributed by atoms with E-state index in [4.69, 9.17) is 0 Å². The number of hydrogen-bond donors (Lipinski definition) is 2. The Morgan fingerprint density at radius 3 is 2.73 bits per heavy atom. The Bertz CT molecular complexity index is 628. The van der Waals surface area contributed by atoms with Gasteiger partial charge in [0.25, 0.3) is 0 Å². The highest BCUT2D eigenvalue weighted by Gasteiger charge is 2.27. The smallest absolute Gasteiger partial charge is 0.233 e. The maximum absolute atomic E-state index is 11.9. The lowest BCUT2D eigenvalue weighted by atomic mass is 10.0. The summed E-state index contributed by atoms with van der Waals surface area (Å²) in [5.41, 5.74) is 2.37. The second kappa shape index (κ2) is 7.24. The van der Waals surface area contributed by atoms with Gasteiger partial charge in [0.15, 0.2) is 9.84 Å². The number of hydrogen-bond acceptors (Lipinski definition) is 4. The third kappa shape index (κ3) is 4.81. The van der Waals surface area contributed by atoms with Gasteiger partial charge in [-0.25, -0.2) is 8.42 Å². The maximum Gasteiger partial charge on any atom is 0.233 e. The summed E-state index contributed by atoms with van der Waals surface area (Å²) in [4.78, 5) is 11.9. The largest absolute Gasteiger partial charge is 0.355 e. The Kier molecular flexibility index (Phi) is 5.58. The molecule has 1 saturated heterocycles. The molecular formula is C16H24N2O3S. The van der Waals surface area contributed by atoms with Gasteiger partial charge < -0.3 is 10.6 Å². The first-order valence-corrected chi connectivity index (χ1v) is 9.45. The first-order chi connectivity index (χ1) is 10.4. The Hall–Kier alpha value is -1.40. The quantitative estimate of drug-likeness (QED) is 0.824. The number of carbonyl (C=O) groups is 1. The average molecular weight is 324 g/mol. The zero-order valence-corrected chi connectivity index (χ0v) is 13.9. The van der Waals surface area contributed by atoms with E-state index in [9.17, 15) is 13.2 Å². The summed E-state index contributed by atoms with van der Waals surface area (Å²) in [5.74, 6) is 0.406. The van der Waals surface area contributed by atoms with E-state index in [0.29, 0.717) is 13.0 Å². The van der Waals surface area contributed by atoms with Crippen molar-refractivity contribution in [2.45, 2.75) is 26.3 Å². The molecule has 1 aliphatic heterocycles. The van der Waals surface area contributed by atoms with E-state index in [2.05, 4.69) is 10.6 Å². The minimum absolute atomic E-state index is 0.0581. The number of rotatable bonds is 6. The van der Waals surface area contributed by atoms with Gasteiger partial charge in [0.1, 0.15) is 0 Å². The Labute approximate surface area is 132 Å². The molecule has 0 aromatic heterocycles. The summed E-state index contributed by atoms with van der Waals surface area (Å²) >= 11 is 0. The Morgan fingerprint density at radius 2 is 2.09 bits per heavy atom. The maximum atomic E-state index is 11.9. The van der Waals surface area contributed by atoms with E-state index in [1.165, 1.54) is 11.1 Å². The predicted octanol–water partition coefficient (Wildman–Crippen LogP) is 1.20. The molecule has 0 aliphatic carbocycles. The molecule has 1 fully saturated rings. The van der Waals surface area contributed by atoms with Gasteiger partial charge >= 0.3 is 0 Å². The van der Waals surface area contributed by atoms with Crippen LogP contribution in [-0.2, 0) is 14.6 Å². The molecule has 1 aromatic rings. The molecular weight excluding hydrogens is 300 g/mol. The van der Waals surface area contributed by atoms with Crippen LogP contribution in [0.2, 0.25) is 0 Å². The Balaban J connectivity index is 1.73. The van der Waals surface area contributed by atoms with Gasteiger partial charge in [-0.3, -0.25) is 4.79 Å². The monoisotopic (exact) mass is 324 g/mol. The van der Waals surface area contributed by atoms with Crippen LogP contribution in [-0.4, -0.2) is 38.9 Å². The molecule has 0 unspecified atom stereocenters. The first-order valence-electron chi connectivity index (χ1n) is 7.63. The van der Waals surface area contributed by atoms with Gasteiger partial charge in [0.05, 0.1) is 18.1 Å². The normalized spacial score (nSPS) is 21.5. The van der Waals surface area contributed by atoms with Crippen molar-refractivity contribution in [3.8, 4) is 0 Å². The van der Waals surface area contributed by atoms with Gasteiger partial charge in [-0.1, -0.05) is 24.3 Å². The van der Waals surface area contributed by atoms with E-state index in [1.54, 1.807) is 0 Å². The van der Waals surface area contributed by atoms with Crippen LogP contribution < -0.4 is 10.6 Å². The molecule has 122 valence electrons. The second-order valence-electron chi connectivity index (χ2n) is 6.03. The fourth-order valence-corrected chi connectivity index (χ4v) is 4.64. The van der Waals surface area contributed by atoms with Gasteiger partial charge in [0.2, 0.25) is 5.91 Å².